The summed E-state index contributed by atoms with van der Waals surface area (Å²) in [5.74, 6) is -0.874. The van der Waals surface area contributed by atoms with Crippen LogP contribution in [0.2, 0.25) is 0 Å². The molecule has 1 aromatic rings. The molecule has 6 heteroatoms. The fourth-order valence-corrected chi connectivity index (χ4v) is 4.22. The summed E-state index contributed by atoms with van der Waals surface area (Å²) in [6.45, 7) is 6.34. The van der Waals surface area contributed by atoms with E-state index in [-0.39, 0.29) is 11.4 Å². The summed E-state index contributed by atoms with van der Waals surface area (Å²) >= 11 is 0. The summed E-state index contributed by atoms with van der Waals surface area (Å²) in [6.07, 6.45) is 0.633. The molecular weight excluding hydrogens is 315 g/mol. The second kappa shape index (κ2) is 7.18. The van der Waals surface area contributed by atoms with Crippen LogP contribution >= 0.6 is 7.60 Å². The highest BCUT2D eigenvalue weighted by molar-refractivity contribution is 7.58. The molecule has 1 heterocycles. The van der Waals surface area contributed by atoms with E-state index in [4.69, 9.17) is 18.5 Å². The lowest BCUT2D eigenvalue weighted by Crippen LogP contribution is -2.38. The van der Waals surface area contributed by atoms with Crippen molar-refractivity contribution in [3.8, 4) is 0 Å². The Morgan fingerprint density at radius 2 is 1.87 bits per heavy atom. The van der Waals surface area contributed by atoms with Crippen LogP contribution in [-0.2, 0) is 28.9 Å². The van der Waals surface area contributed by atoms with E-state index >= 15 is 0 Å². The van der Waals surface area contributed by atoms with E-state index in [1.807, 2.05) is 44.2 Å². The molecule has 0 spiro atoms. The smallest absolute Gasteiger partial charge is 0.395 e. The first kappa shape index (κ1) is 18.2. The van der Waals surface area contributed by atoms with Gasteiger partial charge in [0.25, 0.3) is 0 Å². The molecule has 2 atom stereocenters. The number of rotatable bonds is 6. The molecule has 5 nitrogen and oxygen atoms in total. The van der Waals surface area contributed by atoms with Gasteiger partial charge < -0.3 is 18.5 Å². The molecule has 0 bridgehead atoms. The molecule has 0 radical (unpaired) electrons. The lowest BCUT2D eigenvalue weighted by Gasteiger charge is -2.42. The summed E-state index contributed by atoms with van der Waals surface area (Å²) in [5, 5.41) is 0. The summed E-state index contributed by atoms with van der Waals surface area (Å²) in [4.78, 5) is 0. The maximum atomic E-state index is 12.9. The molecule has 0 N–H and O–H groups in total. The van der Waals surface area contributed by atoms with Crippen molar-refractivity contribution < 1.29 is 23.1 Å². The molecule has 1 aliphatic heterocycles. The zero-order chi connectivity index (χ0) is 17.1. The second-order valence-corrected chi connectivity index (χ2v) is 7.74. The number of hydrogen-bond acceptors (Lipinski definition) is 5. The molecule has 23 heavy (non-hydrogen) atoms. The van der Waals surface area contributed by atoms with Crippen LogP contribution in [0.15, 0.2) is 41.4 Å². The van der Waals surface area contributed by atoms with Crippen LogP contribution in [0, 0.1) is 5.92 Å². The first-order valence-electron chi connectivity index (χ1n) is 7.73. The van der Waals surface area contributed by atoms with E-state index in [1.54, 1.807) is 0 Å². The molecular formula is C17H25O5P. The third kappa shape index (κ3) is 3.38. The number of ether oxygens (including phenoxy) is 2. The van der Waals surface area contributed by atoms with Crippen molar-refractivity contribution in [2.45, 2.75) is 33.0 Å². The number of allylic oxidation sites excluding steroid dienone is 1. The highest BCUT2D eigenvalue weighted by atomic mass is 31.2. The Hall–Kier alpha value is -1.13. The standard InChI is InChI=1S/C17H25O5P/c1-6-21-17(15-10-8-7-9-11-15)12-13(2)14(3)16(22-17)23(18,19-4)20-5/h7-11,13H,6,12H2,1-5H3/t13-,17+/m0/s1. The van der Waals surface area contributed by atoms with Crippen molar-refractivity contribution in [1.29, 1.82) is 0 Å². The van der Waals surface area contributed by atoms with E-state index in [0.29, 0.717) is 13.0 Å². The molecule has 0 amide bonds. The minimum atomic E-state index is -3.50. The van der Waals surface area contributed by atoms with Gasteiger partial charge in [0.05, 0.1) is 0 Å². The van der Waals surface area contributed by atoms with Crippen LogP contribution in [0.1, 0.15) is 32.8 Å². The van der Waals surface area contributed by atoms with Gasteiger partial charge in [0.15, 0.2) is 0 Å². The Balaban J connectivity index is 2.55. The zero-order valence-corrected chi connectivity index (χ0v) is 15.3. The van der Waals surface area contributed by atoms with Crippen LogP contribution in [0.4, 0.5) is 0 Å². The van der Waals surface area contributed by atoms with Gasteiger partial charge in [-0.15, -0.1) is 0 Å². The van der Waals surface area contributed by atoms with Crippen molar-refractivity contribution in [1.82, 2.24) is 0 Å². The van der Waals surface area contributed by atoms with E-state index in [1.165, 1.54) is 14.2 Å². The Morgan fingerprint density at radius 3 is 2.39 bits per heavy atom. The molecule has 0 saturated carbocycles. The summed E-state index contributed by atoms with van der Waals surface area (Å²) in [6, 6.07) is 9.70. The second-order valence-electron chi connectivity index (χ2n) is 5.61. The predicted molar refractivity (Wildman–Crippen MR) is 88.9 cm³/mol. The Bertz CT molecular complexity index is 605. The fraction of sp³-hybridized carbons (Fsp3) is 0.529. The third-order valence-corrected chi connectivity index (χ3v) is 6.14. The quantitative estimate of drug-likeness (QED) is 0.706. The van der Waals surface area contributed by atoms with Crippen LogP contribution in [0.25, 0.3) is 0 Å². The monoisotopic (exact) mass is 340 g/mol. The lowest BCUT2D eigenvalue weighted by molar-refractivity contribution is -0.235. The third-order valence-electron chi connectivity index (χ3n) is 4.23. The largest absolute Gasteiger partial charge is 0.449 e. The van der Waals surface area contributed by atoms with Gasteiger partial charge in [-0.3, -0.25) is 4.57 Å². The molecule has 1 aromatic carbocycles. The van der Waals surface area contributed by atoms with E-state index in [2.05, 4.69) is 6.92 Å². The molecule has 0 unspecified atom stereocenters. The fourth-order valence-electron chi connectivity index (χ4n) is 2.83. The Kier molecular flexibility index (Phi) is 5.69. The van der Waals surface area contributed by atoms with Crippen LogP contribution < -0.4 is 0 Å². The van der Waals surface area contributed by atoms with Gasteiger partial charge in [0.1, 0.15) is 0 Å². The van der Waals surface area contributed by atoms with E-state index in [0.717, 1.165) is 11.1 Å². The predicted octanol–water partition coefficient (Wildman–Crippen LogP) is 4.65. The van der Waals surface area contributed by atoms with Gasteiger partial charge in [-0.1, -0.05) is 37.3 Å². The van der Waals surface area contributed by atoms with Gasteiger partial charge in [-0.25, -0.2) is 0 Å². The highest BCUT2D eigenvalue weighted by Crippen LogP contribution is 2.61. The van der Waals surface area contributed by atoms with Crippen molar-refractivity contribution in [3.05, 3.63) is 47.0 Å². The average molecular weight is 340 g/mol. The van der Waals surface area contributed by atoms with Crippen molar-refractivity contribution in [2.24, 2.45) is 5.92 Å². The van der Waals surface area contributed by atoms with Gasteiger partial charge >= 0.3 is 7.60 Å². The van der Waals surface area contributed by atoms with E-state index in [9.17, 15) is 4.57 Å². The molecule has 1 aliphatic rings. The van der Waals surface area contributed by atoms with Crippen molar-refractivity contribution in [3.63, 3.8) is 0 Å². The van der Waals surface area contributed by atoms with Crippen LogP contribution in [0.5, 0.6) is 0 Å². The molecule has 2 rings (SSSR count). The van der Waals surface area contributed by atoms with E-state index < -0.39 is 13.4 Å². The molecule has 0 saturated heterocycles. The Labute approximate surface area is 138 Å². The van der Waals surface area contributed by atoms with Gasteiger partial charge in [-0.05, 0) is 25.3 Å². The van der Waals surface area contributed by atoms with Crippen LogP contribution in [0.3, 0.4) is 0 Å². The number of benzene rings is 1. The van der Waals surface area contributed by atoms with Gasteiger partial charge in [0.2, 0.25) is 11.3 Å². The average Bonchev–Trinajstić information content (AvgIpc) is 2.58. The summed E-state index contributed by atoms with van der Waals surface area (Å²) in [5.41, 5.74) is 2.00. The topological polar surface area (TPSA) is 54.0 Å². The number of hydrogen-bond donors (Lipinski definition) is 0. The van der Waals surface area contributed by atoms with Crippen LogP contribution in [-0.4, -0.2) is 20.8 Å². The molecule has 0 aliphatic carbocycles. The molecule has 128 valence electrons. The summed E-state index contributed by atoms with van der Waals surface area (Å²) < 4.78 is 35.4. The maximum Gasteiger partial charge on any atom is 0.395 e. The highest BCUT2D eigenvalue weighted by Gasteiger charge is 2.47. The first-order valence-corrected chi connectivity index (χ1v) is 9.28. The van der Waals surface area contributed by atoms with Gasteiger partial charge in [0, 0.05) is 32.8 Å². The van der Waals surface area contributed by atoms with Gasteiger partial charge in [-0.2, -0.15) is 0 Å². The first-order chi connectivity index (χ1) is 10.9. The molecule has 0 fully saturated rings. The zero-order valence-electron chi connectivity index (χ0n) is 14.4. The van der Waals surface area contributed by atoms with Crippen molar-refractivity contribution >= 4 is 7.60 Å². The normalized spacial score (nSPS) is 25.3. The Morgan fingerprint density at radius 1 is 1.26 bits per heavy atom. The SMILES string of the molecule is CCO[C@]1(c2ccccc2)C[C@H](C)C(C)=C(P(=O)(OC)OC)O1. The lowest BCUT2D eigenvalue weighted by atomic mass is 9.88. The minimum absolute atomic E-state index is 0.115. The van der Waals surface area contributed by atoms with Crippen molar-refractivity contribution in [2.75, 3.05) is 20.8 Å². The maximum absolute atomic E-state index is 12.9. The minimum Gasteiger partial charge on any atom is -0.449 e. The molecule has 0 aromatic heterocycles. The summed E-state index contributed by atoms with van der Waals surface area (Å²) in [7, 11) is -0.778.